The molecule has 0 aliphatic carbocycles. The Kier molecular flexibility index (Phi) is 5.64. The van der Waals surface area contributed by atoms with Crippen LogP contribution < -0.4 is 10.6 Å². The molecule has 0 fully saturated rings. The number of nitrogens with one attached hydrogen (secondary N) is 2. The van der Waals surface area contributed by atoms with E-state index in [-0.39, 0.29) is 17.5 Å². The number of alkyl halides is 3. The minimum Gasteiger partial charge on any atom is -0.334 e. The summed E-state index contributed by atoms with van der Waals surface area (Å²) >= 11 is 0. The first-order chi connectivity index (χ1) is 12.0. The second kappa shape index (κ2) is 7.40. The lowest BCUT2D eigenvalue weighted by molar-refractivity contribution is -0.138. The van der Waals surface area contributed by atoms with Gasteiger partial charge in [-0.1, -0.05) is 57.2 Å². The summed E-state index contributed by atoms with van der Waals surface area (Å²) in [5.41, 5.74) is 1.63. The molecule has 0 aromatic heterocycles. The van der Waals surface area contributed by atoms with Crippen molar-refractivity contribution in [1.82, 2.24) is 5.32 Å². The van der Waals surface area contributed by atoms with Crippen molar-refractivity contribution in [3.8, 4) is 0 Å². The van der Waals surface area contributed by atoms with Gasteiger partial charge in [0.25, 0.3) is 0 Å². The molecule has 2 rings (SSSR count). The molecule has 2 amide bonds. The molecule has 3 nitrogen and oxygen atoms in total. The fourth-order valence-corrected chi connectivity index (χ4v) is 2.74. The van der Waals surface area contributed by atoms with Gasteiger partial charge in [0.2, 0.25) is 0 Å². The molecule has 0 unspecified atom stereocenters. The second-order valence-corrected chi connectivity index (χ2v) is 7.21. The standard InChI is InChI=1S/C20H23F3N2O/c1-13-8-7-11-16(19(2,3)4)17(13)25-18(26)24-12-14-9-5-6-10-15(14)20(21,22)23/h5-11H,12H2,1-4H3,(H2,24,25,26). The number of carbonyl (C=O) groups is 1. The smallest absolute Gasteiger partial charge is 0.334 e. The maximum absolute atomic E-state index is 13.0. The SMILES string of the molecule is Cc1cccc(C(C)(C)C)c1NC(=O)NCc1ccccc1C(F)(F)F. The van der Waals surface area contributed by atoms with E-state index in [9.17, 15) is 18.0 Å². The minimum atomic E-state index is -4.45. The quantitative estimate of drug-likeness (QED) is 0.728. The monoisotopic (exact) mass is 364 g/mol. The van der Waals surface area contributed by atoms with E-state index in [2.05, 4.69) is 10.6 Å². The summed E-state index contributed by atoms with van der Waals surface area (Å²) in [7, 11) is 0. The van der Waals surface area contributed by atoms with E-state index in [0.29, 0.717) is 5.69 Å². The van der Waals surface area contributed by atoms with E-state index < -0.39 is 17.8 Å². The Morgan fingerprint density at radius 1 is 0.962 bits per heavy atom. The van der Waals surface area contributed by atoms with Gasteiger partial charge < -0.3 is 10.6 Å². The van der Waals surface area contributed by atoms with Crippen LogP contribution in [0.1, 0.15) is 43.0 Å². The number of rotatable bonds is 3. The summed E-state index contributed by atoms with van der Waals surface area (Å²) in [6.07, 6.45) is -4.45. The number of benzene rings is 2. The predicted octanol–water partition coefficient (Wildman–Crippen LogP) is 5.63. The Morgan fingerprint density at radius 2 is 1.58 bits per heavy atom. The third kappa shape index (κ3) is 4.77. The van der Waals surface area contributed by atoms with E-state index in [1.165, 1.54) is 18.2 Å². The molecular formula is C20H23F3N2O. The van der Waals surface area contributed by atoms with Gasteiger partial charge in [-0.2, -0.15) is 13.2 Å². The number of hydrogen-bond donors (Lipinski definition) is 2. The lowest BCUT2D eigenvalue weighted by Gasteiger charge is -2.24. The van der Waals surface area contributed by atoms with Crippen molar-refractivity contribution in [3.63, 3.8) is 0 Å². The summed E-state index contributed by atoms with van der Waals surface area (Å²) in [5.74, 6) is 0. The Morgan fingerprint density at radius 3 is 2.19 bits per heavy atom. The molecule has 0 aliphatic rings. The first kappa shape index (κ1) is 19.8. The summed E-state index contributed by atoms with van der Waals surface area (Å²) < 4.78 is 39.1. The van der Waals surface area contributed by atoms with Gasteiger partial charge >= 0.3 is 12.2 Å². The maximum atomic E-state index is 13.0. The largest absolute Gasteiger partial charge is 0.416 e. The van der Waals surface area contributed by atoms with Crippen LogP contribution in [0.3, 0.4) is 0 Å². The van der Waals surface area contributed by atoms with Crippen LogP contribution in [-0.2, 0) is 18.1 Å². The number of anilines is 1. The molecule has 2 aromatic carbocycles. The third-order valence-corrected chi connectivity index (χ3v) is 4.08. The van der Waals surface area contributed by atoms with Gasteiger partial charge in [0.15, 0.2) is 0 Å². The van der Waals surface area contributed by atoms with Crippen LogP contribution in [0.4, 0.5) is 23.7 Å². The highest BCUT2D eigenvalue weighted by atomic mass is 19.4. The molecule has 0 radical (unpaired) electrons. The van der Waals surface area contributed by atoms with E-state index in [0.717, 1.165) is 17.2 Å². The average Bonchev–Trinajstić information content (AvgIpc) is 2.53. The lowest BCUT2D eigenvalue weighted by atomic mass is 9.84. The van der Waals surface area contributed by atoms with Crippen LogP contribution in [0, 0.1) is 6.92 Å². The third-order valence-electron chi connectivity index (χ3n) is 4.08. The van der Waals surface area contributed by atoms with Crippen molar-refractivity contribution in [2.75, 3.05) is 5.32 Å². The molecule has 2 aromatic rings. The zero-order valence-corrected chi connectivity index (χ0v) is 15.3. The van der Waals surface area contributed by atoms with Crippen LogP contribution in [-0.4, -0.2) is 6.03 Å². The molecule has 140 valence electrons. The Hall–Kier alpha value is -2.50. The van der Waals surface area contributed by atoms with Crippen LogP contribution in [0.15, 0.2) is 42.5 Å². The first-order valence-corrected chi connectivity index (χ1v) is 8.30. The first-order valence-electron chi connectivity index (χ1n) is 8.30. The molecule has 0 heterocycles. The van der Waals surface area contributed by atoms with E-state index in [4.69, 9.17) is 0 Å². The zero-order valence-electron chi connectivity index (χ0n) is 15.3. The van der Waals surface area contributed by atoms with E-state index in [1.54, 1.807) is 0 Å². The van der Waals surface area contributed by atoms with Gasteiger partial charge in [0, 0.05) is 12.2 Å². The highest BCUT2D eigenvalue weighted by Crippen LogP contribution is 2.33. The number of hydrogen-bond acceptors (Lipinski definition) is 1. The Balaban J connectivity index is 2.15. The van der Waals surface area contributed by atoms with Gasteiger partial charge in [0.1, 0.15) is 0 Å². The van der Waals surface area contributed by atoms with Gasteiger partial charge in [-0.25, -0.2) is 4.79 Å². The van der Waals surface area contributed by atoms with Crippen LogP contribution in [0.2, 0.25) is 0 Å². The summed E-state index contributed by atoms with van der Waals surface area (Å²) in [6.45, 7) is 7.77. The van der Waals surface area contributed by atoms with E-state index >= 15 is 0 Å². The molecule has 0 bridgehead atoms. The van der Waals surface area contributed by atoms with Crippen molar-refractivity contribution in [3.05, 3.63) is 64.7 Å². The summed E-state index contributed by atoms with van der Waals surface area (Å²) in [4.78, 5) is 12.3. The van der Waals surface area contributed by atoms with Gasteiger partial charge in [-0.05, 0) is 35.1 Å². The van der Waals surface area contributed by atoms with Crippen molar-refractivity contribution in [2.24, 2.45) is 0 Å². The molecule has 2 N–H and O–H groups in total. The molecule has 6 heteroatoms. The minimum absolute atomic E-state index is 0.0241. The number of amides is 2. The highest BCUT2D eigenvalue weighted by Gasteiger charge is 2.32. The van der Waals surface area contributed by atoms with Gasteiger partial charge in [-0.3, -0.25) is 0 Å². The fourth-order valence-electron chi connectivity index (χ4n) is 2.74. The second-order valence-electron chi connectivity index (χ2n) is 7.21. The maximum Gasteiger partial charge on any atom is 0.416 e. The predicted molar refractivity (Wildman–Crippen MR) is 97.2 cm³/mol. The molecule has 26 heavy (non-hydrogen) atoms. The van der Waals surface area contributed by atoms with Crippen LogP contribution >= 0.6 is 0 Å². The van der Waals surface area contributed by atoms with Crippen molar-refractivity contribution < 1.29 is 18.0 Å². The number of aryl methyl sites for hydroxylation is 1. The molecule has 0 saturated heterocycles. The van der Waals surface area contributed by atoms with Crippen molar-refractivity contribution >= 4 is 11.7 Å². The number of carbonyl (C=O) groups excluding carboxylic acids is 1. The molecule has 0 atom stereocenters. The van der Waals surface area contributed by atoms with E-state index in [1.807, 2.05) is 45.9 Å². The van der Waals surface area contributed by atoms with Crippen LogP contribution in [0.25, 0.3) is 0 Å². The van der Waals surface area contributed by atoms with Gasteiger partial charge in [-0.15, -0.1) is 0 Å². The Labute approximate surface area is 151 Å². The average molecular weight is 364 g/mol. The number of halogens is 3. The van der Waals surface area contributed by atoms with Gasteiger partial charge in [0.05, 0.1) is 5.56 Å². The summed E-state index contributed by atoms with van der Waals surface area (Å²) in [6, 6.07) is 10.4. The molecule has 0 saturated carbocycles. The topological polar surface area (TPSA) is 41.1 Å². The molecule has 0 aliphatic heterocycles. The van der Waals surface area contributed by atoms with Crippen molar-refractivity contribution in [2.45, 2.75) is 45.8 Å². The van der Waals surface area contributed by atoms with Crippen LogP contribution in [0.5, 0.6) is 0 Å². The Bertz CT molecular complexity index is 792. The normalized spacial score (nSPS) is 12.0. The number of urea groups is 1. The fraction of sp³-hybridized carbons (Fsp3) is 0.350. The molecular weight excluding hydrogens is 341 g/mol. The van der Waals surface area contributed by atoms with Crippen molar-refractivity contribution in [1.29, 1.82) is 0 Å². The number of para-hydroxylation sites is 1. The zero-order chi connectivity index (χ0) is 19.5. The summed E-state index contributed by atoms with van der Waals surface area (Å²) in [5, 5.41) is 5.30. The highest BCUT2D eigenvalue weighted by molar-refractivity contribution is 5.91. The lowest BCUT2D eigenvalue weighted by Crippen LogP contribution is -2.30. The molecule has 0 spiro atoms.